The molecule has 0 bridgehead atoms. The van der Waals surface area contributed by atoms with Gasteiger partial charge in [-0.15, -0.1) is 0 Å². The Balaban J connectivity index is 1.45. The summed E-state index contributed by atoms with van der Waals surface area (Å²) < 4.78 is 52.6. The number of likely N-dealkylation sites (tertiary alicyclic amines) is 1. The lowest BCUT2D eigenvalue weighted by Crippen LogP contribution is -2.44. The van der Waals surface area contributed by atoms with E-state index in [1.807, 2.05) is 36.4 Å². The molecule has 0 saturated carbocycles. The Kier molecular flexibility index (Phi) is 7.83. The Morgan fingerprint density at radius 2 is 1.65 bits per heavy atom. The molecule has 3 aromatic rings. The smallest absolute Gasteiger partial charge is 0.385 e. The van der Waals surface area contributed by atoms with Crippen molar-refractivity contribution in [3.63, 3.8) is 0 Å². The summed E-state index contributed by atoms with van der Waals surface area (Å²) in [4.78, 5) is 14.8. The van der Waals surface area contributed by atoms with Crippen LogP contribution in [0.4, 0.5) is 17.6 Å². The number of benzene rings is 3. The van der Waals surface area contributed by atoms with Gasteiger partial charge in [0.15, 0.2) is 0 Å². The van der Waals surface area contributed by atoms with Crippen LogP contribution in [0.2, 0.25) is 0 Å². The fraction of sp³-hybridized carbons (Fsp3) is 0.300. The number of piperidine rings is 1. The highest BCUT2D eigenvalue weighted by Crippen LogP contribution is 2.36. The SMILES string of the molecule is Cc1ccc(CC/C(=C/C(=O)N2CCC(O)(c3ccc(C(F)(F)F)cc3)CC2)c2ccccc2)cc1F. The number of aliphatic hydroxyl groups is 1. The molecule has 0 radical (unpaired) electrons. The molecule has 194 valence electrons. The third-order valence-corrected chi connectivity index (χ3v) is 7.01. The number of hydrogen-bond acceptors (Lipinski definition) is 2. The van der Waals surface area contributed by atoms with Gasteiger partial charge >= 0.3 is 6.18 Å². The molecule has 1 saturated heterocycles. The van der Waals surface area contributed by atoms with E-state index in [0.717, 1.165) is 28.8 Å². The van der Waals surface area contributed by atoms with Crippen molar-refractivity contribution in [1.29, 1.82) is 0 Å². The number of alkyl halides is 3. The number of carbonyl (C=O) groups is 1. The first-order valence-electron chi connectivity index (χ1n) is 12.3. The van der Waals surface area contributed by atoms with Gasteiger partial charge in [0.05, 0.1) is 11.2 Å². The first-order chi connectivity index (χ1) is 17.5. The Labute approximate surface area is 214 Å². The van der Waals surface area contributed by atoms with Crippen LogP contribution in [0.1, 0.15) is 47.1 Å². The lowest BCUT2D eigenvalue weighted by atomic mass is 9.84. The number of allylic oxidation sites excluding steroid dienone is 1. The molecule has 0 spiro atoms. The van der Waals surface area contributed by atoms with Gasteiger partial charge < -0.3 is 10.0 Å². The number of hydrogen-bond donors (Lipinski definition) is 1. The largest absolute Gasteiger partial charge is 0.416 e. The average Bonchev–Trinajstić information content (AvgIpc) is 2.89. The molecule has 1 heterocycles. The van der Waals surface area contributed by atoms with Crippen molar-refractivity contribution in [2.75, 3.05) is 13.1 Å². The highest BCUT2D eigenvalue weighted by atomic mass is 19.4. The molecular weight excluding hydrogens is 482 g/mol. The molecule has 1 N–H and O–H groups in total. The molecule has 37 heavy (non-hydrogen) atoms. The van der Waals surface area contributed by atoms with Gasteiger partial charge in [0.1, 0.15) is 5.82 Å². The van der Waals surface area contributed by atoms with E-state index in [0.29, 0.717) is 24.0 Å². The third kappa shape index (κ3) is 6.46. The maximum atomic E-state index is 14.0. The zero-order valence-electron chi connectivity index (χ0n) is 20.6. The molecule has 0 aromatic heterocycles. The first-order valence-corrected chi connectivity index (χ1v) is 12.3. The first kappa shape index (κ1) is 26.6. The number of nitrogens with zero attached hydrogens (tertiary/aromatic N) is 1. The van der Waals surface area contributed by atoms with E-state index in [1.165, 1.54) is 18.2 Å². The molecule has 0 unspecified atom stereocenters. The molecule has 1 fully saturated rings. The summed E-state index contributed by atoms with van der Waals surface area (Å²) in [5.74, 6) is -0.448. The quantitative estimate of drug-likeness (QED) is 0.296. The van der Waals surface area contributed by atoms with Crippen LogP contribution in [0.25, 0.3) is 5.57 Å². The number of amides is 1. The van der Waals surface area contributed by atoms with Gasteiger partial charge in [-0.05, 0) is 78.6 Å². The second-order valence-corrected chi connectivity index (χ2v) is 9.55. The topological polar surface area (TPSA) is 40.5 Å². The van der Waals surface area contributed by atoms with Crippen LogP contribution in [-0.4, -0.2) is 29.0 Å². The fourth-order valence-corrected chi connectivity index (χ4v) is 4.62. The second kappa shape index (κ2) is 10.9. The van der Waals surface area contributed by atoms with E-state index in [9.17, 15) is 27.5 Å². The molecule has 1 amide bonds. The minimum atomic E-state index is -4.44. The van der Waals surface area contributed by atoms with Crippen molar-refractivity contribution in [2.24, 2.45) is 0 Å². The van der Waals surface area contributed by atoms with Gasteiger partial charge in [-0.2, -0.15) is 13.2 Å². The zero-order chi connectivity index (χ0) is 26.6. The highest BCUT2D eigenvalue weighted by molar-refractivity contribution is 5.95. The maximum Gasteiger partial charge on any atom is 0.416 e. The van der Waals surface area contributed by atoms with Crippen LogP contribution in [0.3, 0.4) is 0 Å². The van der Waals surface area contributed by atoms with E-state index in [-0.39, 0.29) is 37.7 Å². The fourth-order valence-electron chi connectivity index (χ4n) is 4.62. The maximum absolute atomic E-state index is 14.0. The third-order valence-electron chi connectivity index (χ3n) is 7.01. The van der Waals surface area contributed by atoms with Gasteiger partial charge in [-0.3, -0.25) is 4.79 Å². The van der Waals surface area contributed by atoms with Crippen molar-refractivity contribution in [3.05, 3.63) is 113 Å². The van der Waals surface area contributed by atoms with Gasteiger partial charge in [0.25, 0.3) is 0 Å². The lowest BCUT2D eigenvalue weighted by Gasteiger charge is -2.38. The standard InChI is InChI=1S/C30H29F4NO2/c1-21-7-8-22(19-27(21)31)9-10-24(23-5-3-2-4-6-23)20-28(36)35-17-15-29(37,16-18-35)25-11-13-26(14-12-25)30(32,33)34/h2-8,11-14,19-20,37H,9-10,15-18H2,1H3/b24-20-. The second-order valence-electron chi connectivity index (χ2n) is 9.55. The van der Waals surface area contributed by atoms with Crippen molar-refractivity contribution in [3.8, 4) is 0 Å². The summed E-state index contributed by atoms with van der Waals surface area (Å²) in [5.41, 5.74) is 1.52. The minimum absolute atomic E-state index is 0.191. The van der Waals surface area contributed by atoms with Crippen LogP contribution < -0.4 is 0 Å². The Morgan fingerprint density at radius 1 is 1.00 bits per heavy atom. The summed E-state index contributed by atoms with van der Waals surface area (Å²) in [6, 6.07) is 19.2. The molecule has 1 aliphatic heterocycles. The monoisotopic (exact) mass is 511 g/mol. The van der Waals surface area contributed by atoms with E-state index in [1.54, 1.807) is 24.0 Å². The zero-order valence-corrected chi connectivity index (χ0v) is 20.6. The molecule has 1 aliphatic rings. The van der Waals surface area contributed by atoms with Gasteiger partial charge in [0, 0.05) is 19.2 Å². The molecule has 0 atom stereocenters. The number of carbonyl (C=O) groups excluding carboxylic acids is 1. The summed E-state index contributed by atoms with van der Waals surface area (Å²) in [6.45, 7) is 2.26. The van der Waals surface area contributed by atoms with Crippen LogP contribution in [0, 0.1) is 12.7 Å². The van der Waals surface area contributed by atoms with Crippen molar-refractivity contribution >= 4 is 11.5 Å². The van der Waals surface area contributed by atoms with Crippen LogP contribution >= 0.6 is 0 Å². The number of rotatable bonds is 6. The van der Waals surface area contributed by atoms with Gasteiger partial charge in [-0.25, -0.2) is 4.39 Å². The number of halogens is 4. The highest BCUT2D eigenvalue weighted by Gasteiger charge is 2.36. The normalized spacial score (nSPS) is 16.1. The Hall–Kier alpha value is -3.45. The van der Waals surface area contributed by atoms with Crippen molar-refractivity contribution < 1.29 is 27.5 Å². The molecule has 0 aliphatic carbocycles. The summed E-state index contributed by atoms with van der Waals surface area (Å²) in [5, 5.41) is 11.1. The van der Waals surface area contributed by atoms with E-state index in [2.05, 4.69) is 0 Å². The van der Waals surface area contributed by atoms with Crippen LogP contribution in [-0.2, 0) is 23.0 Å². The van der Waals surface area contributed by atoms with Gasteiger partial charge in [0.2, 0.25) is 5.91 Å². The van der Waals surface area contributed by atoms with E-state index in [4.69, 9.17) is 0 Å². The van der Waals surface area contributed by atoms with Crippen molar-refractivity contribution in [1.82, 2.24) is 4.90 Å². The molecule has 3 nitrogen and oxygen atoms in total. The van der Waals surface area contributed by atoms with Crippen LogP contribution in [0.15, 0.2) is 78.9 Å². The Morgan fingerprint density at radius 3 is 2.24 bits per heavy atom. The lowest BCUT2D eigenvalue weighted by molar-refractivity contribution is -0.137. The number of aryl methyl sites for hydroxylation is 2. The summed E-state index contributed by atoms with van der Waals surface area (Å²) >= 11 is 0. The molecular formula is C30H29F4NO2. The molecule has 7 heteroatoms. The summed E-state index contributed by atoms with van der Waals surface area (Å²) in [6.07, 6.45) is -1.28. The molecule has 4 rings (SSSR count). The Bertz CT molecular complexity index is 1260. The minimum Gasteiger partial charge on any atom is -0.385 e. The van der Waals surface area contributed by atoms with Crippen molar-refractivity contribution in [2.45, 2.75) is 44.4 Å². The molecule has 3 aromatic carbocycles. The van der Waals surface area contributed by atoms with E-state index >= 15 is 0 Å². The predicted octanol–water partition coefficient (Wildman–Crippen LogP) is 6.68. The van der Waals surface area contributed by atoms with Gasteiger partial charge in [-0.1, -0.05) is 54.6 Å². The van der Waals surface area contributed by atoms with E-state index < -0.39 is 17.3 Å². The predicted molar refractivity (Wildman–Crippen MR) is 135 cm³/mol. The average molecular weight is 512 g/mol. The van der Waals surface area contributed by atoms with Crippen LogP contribution in [0.5, 0.6) is 0 Å². The summed E-state index contributed by atoms with van der Waals surface area (Å²) in [7, 11) is 0.